The van der Waals surface area contributed by atoms with Crippen molar-refractivity contribution in [2.75, 3.05) is 12.3 Å². The van der Waals surface area contributed by atoms with Gasteiger partial charge in [-0.15, -0.1) is 10.2 Å². The molecule has 0 radical (unpaired) electrons. The molecule has 0 aliphatic carbocycles. The van der Waals surface area contributed by atoms with E-state index >= 15 is 0 Å². The maximum atomic E-state index is 13.5. The SMILES string of the molecule is CCN(Cc1ccccc1)C(=O)CSc1nnc(-c2ccccc2)n1-c1ccc(F)cc1. The van der Waals surface area contributed by atoms with Gasteiger partial charge in [0.1, 0.15) is 5.82 Å². The van der Waals surface area contributed by atoms with Crippen LogP contribution in [0.4, 0.5) is 4.39 Å². The van der Waals surface area contributed by atoms with Crippen molar-refractivity contribution in [3.63, 3.8) is 0 Å². The number of carbonyl (C=O) groups is 1. The first-order valence-electron chi connectivity index (χ1n) is 10.4. The minimum atomic E-state index is -0.313. The summed E-state index contributed by atoms with van der Waals surface area (Å²) < 4.78 is 15.4. The molecule has 0 N–H and O–H groups in total. The van der Waals surface area contributed by atoms with E-state index in [0.717, 1.165) is 16.8 Å². The van der Waals surface area contributed by atoms with Crippen LogP contribution in [0.3, 0.4) is 0 Å². The van der Waals surface area contributed by atoms with Gasteiger partial charge in [-0.05, 0) is 36.8 Å². The lowest BCUT2D eigenvalue weighted by Crippen LogP contribution is -2.31. The molecule has 1 amide bonds. The van der Waals surface area contributed by atoms with Crippen LogP contribution in [-0.2, 0) is 11.3 Å². The zero-order chi connectivity index (χ0) is 22.3. The lowest BCUT2D eigenvalue weighted by Gasteiger charge is -2.21. The van der Waals surface area contributed by atoms with Crippen LogP contribution in [-0.4, -0.2) is 37.9 Å². The molecule has 0 bridgehead atoms. The predicted octanol–water partition coefficient (Wildman–Crippen LogP) is 5.21. The van der Waals surface area contributed by atoms with Crippen molar-refractivity contribution in [3.05, 3.63) is 96.3 Å². The summed E-state index contributed by atoms with van der Waals surface area (Å²) in [5.41, 5.74) is 2.72. The molecular formula is C25H23FN4OS. The number of rotatable bonds is 8. The summed E-state index contributed by atoms with van der Waals surface area (Å²) in [6, 6.07) is 25.8. The van der Waals surface area contributed by atoms with E-state index in [9.17, 15) is 9.18 Å². The molecule has 3 aromatic carbocycles. The predicted molar refractivity (Wildman–Crippen MR) is 125 cm³/mol. The van der Waals surface area contributed by atoms with E-state index in [4.69, 9.17) is 0 Å². The largest absolute Gasteiger partial charge is 0.338 e. The number of aromatic nitrogens is 3. The van der Waals surface area contributed by atoms with Crippen LogP contribution in [0.5, 0.6) is 0 Å². The molecule has 0 atom stereocenters. The average molecular weight is 447 g/mol. The summed E-state index contributed by atoms with van der Waals surface area (Å²) in [5.74, 6) is 0.585. The van der Waals surface area contributed by atoms with E-state index in [0.29, 0.717) is 24.1 Å². The van der Waals surface area contributed by atoms with Gasteiger partial charge in [0.2, 0.25) is 5.91 Å². The molecule has 32 heavy (non-hydrogen) atoms. The smallest absolute Gasteiger partial charge is 0.233 e. The molecule has 5 nitrogen and oxygen atoms in total. The third kappa shape index (κ3) is 5.06. The van der Waals surface area contributed by atoms with Crippen molar-refractivity contribution in [3.8, 4) is 17.1 Å². The van der Waals surface area contributed by atoms with E-state index in [1.54, 1.807) is 12.1 Å². The van der Waals surface area contributed by atoms with E-state index in [1.807, 2.05) is 77.1 Å². The number of hydrogen-bond donors (Lipinski definition) is 0. The normalized spacial score (nSPS) is 10.8. The van der Waals surface area contributed by atoms with Gasteiger partial charge in [0.15, 0.2) is 11.0 Å². The molecule has 1 heterocycles. The van der Waals surface area contributed by atoms with Crippen molar-refractivity contribution in [2.24, 2.45) is 0 Å². The Hall–Kier alpha value is -3.45. The molecular weight excluding hydrogens is 423 g/mol. The molecule has 1 aromatic heterocycles. The highest BCUT2D eigenvalue weighted by atomic mass is 32.2. The van der Waals surface area contributed by atoms with Crippen molar-refractivity contribution < 1.29 is 9.18 Å². The van der Waals surface area contributed by atoms with Crippen LogP contribution in [0, 0.1) is 5.82 Å². The molecule has 162 valence electrons. The number of amides is 1. The molecule has 0 saturated heterocycles. The Balaban J connectivity index is 1.57. The lowest BCUT2D eigenvalue weighted by molar-refractivity contribution is -0.128. The fourth-order valence-electron chi connectivity index (χ4n) is 3.36. The van der Waals surface area contributed by atoms with Gasteiger partial charge >= 0.3 is 0 Å². The highest BCUT2D eigenvalue weighted by molar-refractivity contribution is 7.99. The van der Waals surface area contributed by atoms with Gasteiger partial charge in [0.25, 0.3) is 0 Å². The molecule has 0 saturated carbocycles. The van der Waals surface area contributed by atoms with E-state index in [2.05, 4.69) is 10.2 Å². The molecule has 0 fully saturated rings. The maximum absolute atomic E-state index is 13.5. The van der Waals surface area contributed by atoms with Crippen LogP contribution < -0.4 is 0 Å². The summed E-state index contributed by atoms with van der Waals surface area (Å²) in [4.78, 5) is 14.7. The highest BCUT2D eigenvalue weighted by Gasteiger charge is 2.19. The minimum absolute atomic E-state index is 0.0243. The van der Waals surface area contributed by atoms with Crippen LogP contribution >= 0.6 is 11.8 Å². The first kappa shape index (κ1) is 21.8. The Morgan fingerprint density at radius 3 is 2.25 bits per heavy atom. The van der Waals surface area contributed by atoms with Gasteiger partial charge in [-0.1, -0.05) is 72.4 Å². The minimum Gasteiger partial charge on any atom is -0.338 e. The van der Waals surface area contributed by atoms with Crippen molar-refractivity contribution in [1.82, 2.24) is 19.7 Å². The fraction of sp³-hybridized carbons (Fsp3) is 0.160. The summed E-state index contributed by atoms with van der Waals surface area (Å²) in [7, 11) is 0. The van der Waals surface area contributed by atoms with Crippen molar-refractivity contribution in [2.45, 2.75) is 18.6 Å². The second-order valence-electron chi connectivity index (χ2n) is 7.17. The zero-order valence-electron chi connectivity index (χ0n) is 17.7. The van der Waals surface area contributed by atoms with Gasteiger partial charge in [-0.3, -0.25) is 9.36 Å². The van der Waals surface area contributed by atoms with Crippen molar-refractivity contribution in [1.29, 1.82) is 0 Å². The Bertz CT molecular complexity index is 1160. The standard InChI is InChI=1S/C25H23FN4OS/c1-2-29(17-19-9-5-3-6-10-19)23(31)18-32-25-28-27-24(20-11-7-4-8-12-20)30(25)22-15-13-21(26)14-16-22/h3-16H,2,17-18H2,1H3. The van der Waals surface area contributed by atoms with Gasteiger partial charge in [0.05, 0.1) is 5.75 Å². The topological polar surface area (TPSA) is 51.0 Å². The number of halogens is 1. The van der Waals surface area contributed by atoms with Gasteiger partial charge in [-0.2, -0.15) is 0 Å². The first-order chi connectivity index (χ1) is 15.7. The number of carbonyl (C=O) groups excluding carboxylic acids is 1. The maximum Gasteiger partial charge on any atom is 0.233 e. The Labute approximate surface area is 190 Å². The van der Waals surface area contributed by atoms with Crippen LogP contribution in [0.25, 0.3) is 17.1 Å². The molecule has 7 heteroatoms. The van der Waals surface area contributed by atoms with Crippen LogP contribution in [0.15, 0.2) is 90.1 Å². The monoisotopic (exact) mass is 446 g/mol. The van der Waals surface area contributed by atoms with E-state index in [1.165, 1.54) is 23.9 Å². The molecule has 0 aliphatic heterocycles. The summed E-state index contributed by atoms with van der Waals surface area (Å²) in [5, 5.41) is 9.30. The molecule has 0 spiro atoms. The third-order valence-corrected chi connectivity index (χ3v) is 5.94. The fourth-order valence-corrected chi connectivity index (χ4v) is 4.21. The van der Waals surface area contributed by atoms with Crippen LogP contribution in [0.1, 0.15) is 12.5 Å². The average Bonchev–Trinajstić information content (AvgIpc) is 3.26. The number of hydrogen-bond acceptors (Lipinski definition) is 4. The number of benzene rings is 3. The molecule has 4 aromatic rings. The zero-order valence-corrected chi connectivity index (χ0v) is 18.5. The summed E-state index contributed by atoms with van der Waals surface area (Å²) >= 11 is 1.33. The van der Waals surface area contributed by atoms with Crippen molar-refractivity contribution >= 4 is 17.7 Å². The first-order valence-corrected chi connectivity index (χ1v) is 11.4. The summed E-state index contributed by atoms with van der Waals surface area (Å²) in [6.07, 6.45) is 0. The van der Waals surface area contributed by atoms with Gasteiger partial charge < -0.3 is 4.90 Å². The number of thioether (sulfide) groups is 1. The number of nitrogens with zero attached hydrogens (tertiary/aromatic N) is 4. The third-order valence-electron chi connectivity index (χ3n) is 5.03. The molecule has 0 unspecified atom stereocenters. The van der Waals surface area contributed by atoms with Gasteiger partial charge in [0, 0.05) is 24.3 Å². The van der Waals surface area contributed by atoms with Crippen LogP contribution in [0.2, 0.25) is 0 Å². The molecule has 4 rings (SSSR count). The quantitative estimate of drug-likeness (QED) is 0.349. The Kier molecular flexibility index (Phi) is 6.97. The van der Waals surface area contributed by atoms with Gasteiger partial charge in [-0.25, -0.2) is 4.39 Å². The Morgan fingerprint density at radius 1 is 0.938 bits per heavy atom. The molecule has 0 aliphatic rings. The lowest BCUT2D eigenvalue weighted by atomic mass is 10.2. The second kappa shape index (κ2) is 10.2. The highest BCUT2D eigenvalue weighted by Crippen LogP contribution is 2.28. The van der Waals surface area contributed by atoms with E-state index in [-0.39, 0.29) is 17.5 Å². The summed E-state index contributed by atoms with van der Waals surface area (Å²) in [6.45, 7) is 3.16. The Morgan fingerprint density at radius 2 is 1.59 bits per heavy atom. The van der Waals surface area contributed by atoms with E-state index < -0.39 is 0 Å². The second-order valence-corrected chi connectivity index (χ2v) is 8.11.